The van der Waals surface area contributed by atoms with Crippen LogP contribution in [0.1, 0.15) is 17.2 Å². The topological polar surface area (TPSA) is 53.6 Å². The smallest absolute Gasteiger partial charge is 0.188 e. The number of nitrogens with one attached hydrogen (secondary N) is 1. The van der Waals surface area contributed by atoms with Crippen LogP contribution in [0.3, 0.4) is 0 Å². The van der Waals surface area contributed by atoms with Gasteiger partial charge in [-0.2, -0.15) is 0 Å². The molecule has 0 amide bonds. The number of guanidine groups is 1. The number of hydrogen-bond acceptors (Lipinski definition) is 2. The minimum atomic E-state index is -0.579. The first-order valence-corrected chi connectivity index (χ1v) is 8.17. The third kappa shape index (κ3) is 5.53. The zero-order valence-corrected chi connectivity index (χ0v) is 14.5. The molecule has 0 saturated carbocycles. The fourth-order valence-corrected chi connectivity index (χ4v) is 2.56. The first-order valence-electron chi connectivity index (χ1n) is 8.17. The molecule has 3 N–H and O–H groups in total. The molecule has 0 heterocycles. The highest BCUT2D eigenvalue weighted by atomic mass is 19.1. The molecule has 0 saturated heterocycles. The molecule has 0 aliphatic carbocycles. The summed E-state index contributed by atoms with van der Waals surface area (Å²) in [5, 5.41) is 3.03. The van der Waals surface area contributed by atoms with E-state index >= 15 is 0 Å². The Morgan fingerprint density at radius 3 is 2.32 bits per heavy atom. The molecule has 0 spiro atoms. The van der Waals surface area contributed by atoms with Crippen LogP contribution in [-0.2, 0) is 6.42 Å². The summed E-state index contributed by atoms with van der Waals surface area (Å²) < 4.78 is 28.0. The maximum atomic E-state index is 14.0. The molecule has 2 aromatic carbocycles. The van der Waals surface area contributed by atoms with Crippen molar-refractivity contribution in [2.75, 3.05) is 27.2 Å². The lowest BCUT2D eigenvalue weighted by Gasteiger charge is -2.24. The summed E-state index contributed by atoms with van der Waals surface area (Å²) in [4.78, 5) is 5.97. The van der Waals surface area contributed by atoms with E-state index in [1.165, 1.54) is 23.8 Å². The van der Waals surface area contributed by atoms with Gasteiger partial charge in [0, 0.05) is 12.1 Å². The lowest BCUT2D eigenvalue weighted by molar-refractivity contribution is 0.290. The second kappa shape index (κ2) is 9.13. The van der Waals surface area contributed by atoms with Gasteiger partial charge in [0.1, 0.15) is 11.6 Å². The van der Waals surface area contributed by atoms with E-state index in [-0.39, 0.29) is 18.1 Å². The molecule has 0 radical (unpaired) electrons. The molecule has 25 heavy (non-hydrogen) atoms. The quantitative estimate of drug-likeness (QED) is 0.599. The highest BCUT2D eigenvalue weighted by Crippen LogP contribution is 2.24. The molecule has 1 unspecified atom stereocenters. The molecule has 2 rings (SSSR count). The van der Waals surface area contributed by atoms with Crippen LogP contribution in [0.25, 0.3) is 0 Å². The van der Waals surface area contributed by atoms with E-state index in [9.17, 15) is 8.78 Å². The molecular weight excluding hydrogens is 322 g/mol. The molecule has 1 atom stereocenters. The van der Waals surface area contributed by atoms with E-state index in [1.807, 2.05) is 30.3 Å². The number of benzene rings is 2. The van der Waals surface area contributed by atoms with Crippen molar-refractivity contribution < 1.29 is 8.78 Å². The van der Waals surface area contributed by atoms with Crippen molar-refractivity contribution in [1.29, 1.82) is 0 Å². The number of halogens is 2. The van der Waals surface area contributed by atoms with Gasteiger partial charge in [-0.1, -0.05) is 36.4 Å². The number of aliphatic imine (C=N–C) groups is 1. The van der Waals surface area contributed by atoms with Crippen LogP contribution in [-0.4, -0.2) is 38.0 Å². The van der Waals surface area contributed by atoms with Gasteiger partial charge < -0.3 is 16.0 Å². The predicted octanol–water partition coefficient (Wildman–Crippen LogP) is 2.71. The van der Waals surface area contributed by atoms with Crippen molar-refractivity contribution in [2.24, 2.45) is 10.7 Å². The van der Waals surface area contributed by atoms with Gasteiger partial charge in [-0.15, -0.1) is 0 Å². The van der Waals surface area contributed by atoms with Gasteiger partial charge in [0.25, 0.3) is 0 Å². The fourth-order valence-electron chi connectivity index (χ4n) is 2.56. The van der Waals surface area contributed by atoms with E-state index < -0.39 is 17.7 Å². The largest absolute Gasteiger partial charge is 0.370 e. The summed E-state index contributed by atoms with van der Waals surface area (Å²) in [5.41, 5.74) is 7.08. The Morgan fingerprint density at radius 1 is 1.08 bits per heavy atom. The molecule has 2 aromatic rings. The van der Waals surface area contributed by atoms with Crippen molar-refractivity contribution in [3.63, 3.8) is 0 Å². The number of rotatable bonds is 7. The standard InChI is InChI=1S/C19H24F2N4/c1-25(2)17(18-15(20)9-6-10-16(18)21)13-24-19(22)23-12-11-14-7-4-3-5-8-14/h3-10,17H,11-13H2,1-2H3,(H3,22,23,24). The van der Waals surface area contributed by atoms with Gasteiger partial charge in [0.15, 0.2) is 5.96 Å². The minimum Gasteiger partial charge on any atom is -0.370 e. The van der Waals surface area contributed by atoms with Crippen LogP contribution in [0.4, 0.5) is 8.78 Å². The van der Waals surface area contributed by atoms with Gasteiger partial charge in [0.2, 0.25) is 0 Å². The fraction of sp³-hybridized carbons (Fsp3) is 0.316. The minimum absolute atomic E-state index is 0.00772. The van der Waals surface area contributed by atoms with Crippen LogP contribution in [0.2, 0.25) is 0 Å². The zero-order chi connectivity index (χ0) is 18.2. The first kappa shape index (κ1) is 18.9. The summed E-state index contributed by atoms with van der Waals surface area (Å²) in [7, 11) is 3.51. The SMILES string of the molecule is CN(C)C(CN=C(N)NCCc1ccccc1)c1c(F)cccc1F. The Morgan fingerprint density at radius 2 is 1.72 bits per heavy atom. The Balaban J connectivity index is 1.96. The molecule has 0 aliphatic rings. The van der Waals surface area contributed by atoms with Crippen molar-refractivity contribution in [1.82, 2.24) is 10.2 Å². The normalized spacial score (nSPS) is 13.1. The van der Waals surface area contributed by atoms with Crippen molar-refractivity contribution in [3.05, 3.63) is 71.3 Å². The first-order chi connectivity index (χ1) is 12.0. The third-order valence-electron chi connectivity index (χ3n) is 3.95. The summed E-state index contributed by atoms with van der Waals surface area (Å²) in [6, 6.07) is 13.3. The van der Waals surface area contributed by atoms with Crippen LogP contribution in [0.15, 0.2) is 53.5 Å². The zero-order valence-electron chi connectivity index (χ0n) is 14.5. The van der Waals surface area contributed by atoms with Crippen LogP contribution in [0.5, 0.6) is 0 Å². The summed E-state index contributed by atoms with van der Waals surface area (Å²) in [5.74, 6) is -0.895. The lowest BCUT2D eigenvalue weighted by atomic mass is 10.0. The number of nitrogens with zero attached hydrogens (tertiary/aromatic N) is 2. The Labute approximate surface area is 147 Å². The van der Waals surface area contributed by atoms with E-state index in [2.05, 4.69) is 10.3 Å². The maximum absolute atomic E-state index is 14.0. The van der Waals surface area contributed by atoms with Gasteiger partial charge in [-0.25, -0.2) is 8.78 Å². The third-order valence-corrected chi connectivity index (χ3v) is 3.95. The monoisotopic (exact) mass is 346 g/mol. The Kier molecular flexibility index (Phi) is 6.89. The van der Waals surface area contributed by atoms with Crippen LogP contribution in [0, 0.1) is 11.6 Å². The maximum Gasteiger partial charge on any atom is 0.188 e. The van der Waals surface area contributed by atoms with E-state index in [1.54, 1.807) is 19.0 Å². The second-order valence-corrected chi connectivity index (χ2v) is 6.00. The molecule has 0 bridgehead atoms. The molecule has 0 aromatic heterocycles. The highest BCUT2D eigenvalue weighted by molar-refractivity contribution is 5.77. The molecule has 6 heteroatoms. The predicted molar refractivity (Wildman–Crippen MR) is 97.4 cm³/mol. The number of nitrogens with two attached hydrogens (primary N) is 1. The van der Waals surface area contributed by atoms with Crippen LogP contribution < -0.4 is 11.1 Å². The number of hydrogen-bond donors (Lipinski definition) is 2. The Bertz CT molecular complexity index is 682. The molecule has 0 aliphatic heterocycles. The van der Waals surface area contributed by atoms with Gasteiger partial charge in [-0.3, -0.25) is 4.99 Å². The molecule has 4 nitrogen and oxygen atoms in total. The average molecular weight is 346 g/mol. The van der Waals surface area contributed by atoms with Crippen molar-refractivity contribution >= 4 is 5.96 Å². The second-order valence-electron chi connectivity index (χ2n) is 6.00. The van der Waals surface area contributed by atoms with E-state index in [0.717, 1.165) is 6.42 Å². The van der Waals surface area contributed by atoms with E-state index in [0.29, 0.717) is 6.54 Å². The molecular formula is C19H24F2N4. The summed E-state index contributed by atoms with van der Waals surface area (Å²) in [6.45, 7) is 0.801. The Hall–Kier alpha value is -2.47. The van der Waals surface area contributed by atoms with Crippen molar-refractivity contribution in [2.45, 2.75) is 12.5 Å². The van der Waals surface area contributed by atoms with Crippen molar-refractivity contribution in [3.8, 4) is 0 Å². The average Bonchev–Trinajstić information content (AvgIpc) is 2.58. The van der Waals surface area contributed by atoms with Crippen LogP contribution >= 0.6 is 0 Å². The van der Waals surface area contributed by atoms with Gasteiger partial charge >= 0.3 is 0 Å². The summed E-state index contributed by atoms with van der Waals surface area (Å²) in [6.07, 6.45) is 0.816. The van der Waals surface area contributed by atoms with E-state index in [4.69, 9.17) is 5.73 Å². The van der Waals surface area contributed by atoms with Gasteiger partial charge in [0.05, 0.1) is 12.6 Å². The highest BCUT2D eigenvalue weighted by Gasteiger charge is 2.21. The molecule has 134 valence electrons. The van der Waals surface area contributed by atoms with Gasteiger partial charge in [-0.05, 0) is 38.2 Å². The summed E-state index contributed by atoms with van der Waals surface area (Å²) >= 11 is 0. The molecule has 0 fully saturated rings. The lowest BCUT2D eigenvalue weighted by Crippen LogP contribution is -2.34. The number of likely N-dealkylation sites (N-methyl/N-ethyl adjacent to an activating group) is 1.